The van der Waals surface area contributed by atoms with E-state index in [0.717, 1.165) is 36.8 Å². The summed E-state index contributed by atoms with van der Waals surface area (Å²) in [4.78, 5) is 28.8. The summed E-state index contributed by atoms with van der Waals surface area (Å²) in [5.41, 5.74) is 1.57. The Kier molecular flexibility index (Phi) is 6.02. The van der Waals surface area contributed by atoms with Crippen LogP contribution in [0.25, 0.3) is 0 Å². The highest BCUT2D eigenvalue weighted by atomic mass is 16.7. The summed E-state index contributed by atoms with van der Waals surface area (Å²) in [5.74, 6) is 0.943. The van der Waals surface area contributed by atoms with Crippen molar-refractivity contribution >= 4 is 11.8 Å². The first-order chi connectivity index (χ1) is 16.2. The van der Waals surface area contributed by atoms with Gasteiger partial charge in [0.05, 0.1) is 6.26 Å². The molecule has 0 spiro atoms. The fraction of sp³-hybridized carbons (Fsp3) is 0.308. The molecule has 1 aliphatic heterocycles. The highest BCUT2D eigenvalue weighted by Gasteiger charge is 2.35. The molecule has 2 amide bonds. The van der Waals surface area contributed by atoms with Gasteiger partial charge in [-0.3, -0.25) is 9.59 Å². The Morgan fingerprint density at radius 3 is 2.52 bits per heavy atom. The molecule has 2 aromatic carbocycles. The molecular weight excluding hydrogens is 420 g/mol. The molecule has 1 atom stereocenters. The summed E-state index contributed by atoms with van der Waals surface area (Å²) in [5, 5.41) is 3.18. The van der Waals surface area contributed by atoms with Crippen molar-refractivity contribution in [1.82, 2.24) is 10.2 Å². The van der Waals surface area contributed by atoms with Crippen molar-refractivity contribution in [2.45, 2.75) is 44.3 Å². The number of furan rings is 1. The SMILES string of the molecule is O=C(NC1CCCC1)[C@H](c1ccccc1)N(Cc1ccc2c(c1)OCO2)C(=O)c1ccco1. The van der Waals surface area contributed by atoms with Crippen molar-refractivity contribution in [2.24, 2.45) is 0 Å². The lowest BCUT2D eigenvalue weighted by molar-refractivity contribution is -0.126. The van der Waals surface area contributed by atoms with Crippen LogP contribution in [-0.4, -0.2) is 29.5 Å². The second-order valence-electron chi connectivity index (χ2n) is 8.40. The van der Waals surface area contributed by atoms with E-state index in [4.69, 9.17) is 13.9 Å². The number of rotatable bonds is 7. The first kappa shape index (κ1) is 21.1. The topological polar surface area (TPSA) is 81.0 Å². The third kappa shape index (κ3) is 4.58. The van der Waals surface area contributed by atoms with Crippen LogP contribution in [0, 0.1) is 0 Å². The third-order valence-electron chi connectivity index (χ3n) is 6.16. The van der Waals surface area contributed by atoms with Crippen LogP contribution >= 0.6 is 0 Å². The Balaban J connectivity index is 1.51. The summed E-state index contributed by atoms with van der Waals surface area (Å²) in [6.07, 6.45) is 5.59. The van der Waals surface area contributed by atoms with Crippen molar-refractivity contribution < 1.29 is 23.5 Å². The Hall–Kier alpha value is -3.74. The van der Waals surface area contributed by atoms with E-state index in [0.29, 0.717) is 11.5 Å². The van der Waals surface area contributed by atoms with E-state index < -0.39 is 6.04 Å². The van der Waals surface area contributed by atoms with E-state index in [1.165, 1.54) is 6.26 Å². The van der Waals surface area contributed by atoms with Crippen LogP contribution in [-0.2, 0) is 11.3 Å². The van der Waals surface area contributed by atoms with Crippen LogP contribution in [0.3, 0.4) is 0 Å². The average molecular weight is 447 g/mol. The number of nitrogens with one attached hydrogen (secondary N) is 1. The van der Waals surface area contributed by atoms with E-state index >= 15 is 0 Å². The molecule has 1 aromatic heterocycles. The maximum Gasteiger partial charge on any atom is 0.290 e. The van der Waals surface area contributed by atoms with Crippen LogP contribution in [0.5, 0.6) is 11.5 Å². The highest BCUT2D eigenvalue weighted by Crippen LogP contribution is 2.34. The predicted molar refractivity (Wildman–Crippen MR) is 121 cm³/mol. The van der Waals surface area contributed by atoms with Gasteiger partial charge in [0.2, 0.25) is 12.7 Å². The lowest BCUT2D eigenvalue weighted by Crippen LogP contribution is -2.45. The lowest BCUT2D eigenvalue weighted by Gasteiger charge is -2.32. The summed E-state index contributed by atoms with van der Waals surface area (Å²) >= 11 is 0. The monoisotopic (exact) mass is 446 g/mol. The number of benzene rings is 2. The number of hydrogen-bond acceptors (Lipinski definition) is 5. The van der Waals surface area contributed by atoms with Crippen LogP contribution < -0.4 is 14.8 Å². The Bertz CT molecular complexity index is 1110. The summed E-state index contributed by atoms with van der Waals surface area (Å²) in [7, 11) is 0. The molecular formula is C26H26N2O5. The standard InChI is InChI=1S/C26H26N2O5/c29-25(27-20-9-4-5-10-20)24(19-7-2-1-3-8-19)28(26(30)22-11-6-14-31-22)16-18-12-13-21-23(15-18)33-17-32-21/h1-3,6-8,11-15,20,24H,4-5,9-10,16-17H2,(H,27,29)/t24-/m0/s1. The van der Waals surface area contributed by atoms with Crippen molar-refractivity contribution in [3.63, 3.8) is 0 Å². The average Bonchev–Trinajstić information content (AvgIpc) is 3.61. The largest absolute Gasteiger partial charge is 0.459 e. The number of ether oxygens (including phenoxy) is 2. The molecule has 1 fully saturated rings. The second-order valence-corrected chi connectivity index (χ2v) is 8.40. The van der Waals surface area contributed by atoms with Crippen molar-refractivity contribution in [1.29, 1.82) is 0 Å². The Labute approximate surface area is 192 Å². The fourth-order valence-electron chi connectivity index (χ4n) is 4.52. The molecule has 0 radical (unpaired) electrons. The minimum atomic E-state index is -0.810. The van der Waals surface area contributed by atoms with Crippen molar-refractivity contribution in [3.8, 4) is 11.5 Å². The molecule has 33 heavy (non-hydrogen) atoms. The van der Waals surface area contributed by atoms with Crippen molar-refractivity contribution in [3.05, 3.63) is 83.8 Å². The quantitative estimate of drug-likeness (QED) is 0.580. The number of nitrogens with zero attached hydrogens (tertiary/aromatic N) is 1. The number of hydrogen-bond donors (Lipinski definition) is 1. The van der Waals surface area contributed by atoms with Crippen LogP contribution in [0.15, 0.2) is 71.3 Å². The van der Waals surface area contributed by atoms with E-state index in [9.17, 15) is 9.59 Å². The molecule has 2 heterocycles. The molecule has 170 valence electrons. The second kappa shape index (κ2) is 9.40. The molecule has 0 bridgehead atoms. The molecule has 0 unspecified atom stereocenters. The van der Waals surface area contributed by atoms with Gasteiger partial charge in [-0.1, -0.05) is 49.2 Å². The van der Waals surface area contributed by atoms with E-state index in [-0.39, 0.29) is 37.0 Å². The van der Waals surface area contributed by atoms with Gasteiger partial charge in [-0.2, -0.15) is 0 Å². The van der Waals surface area contributed by atoms with Gasteiger partial charge < -0.3 is 24.1 Å². The number of carbonyl (C=O) groups excluding carboxylic acids is 2. The van der Waals surface area contributed by atoms with Crippen LogP contribution in [0.2, 0.25) is 0 Å². The Morgan fingerprint density at radius 1 is 0.970 bits per heavy atom. The van der Waals surface area contributed by atoms with E-state index in [1.807, 2.05) is 48.5 Å². The molecule has 7 nitrogen and oxygen atoms in total. The normalized spacial score (nSPS) is 15.9. The molecule has 1 saturated carbocycles. The van der Waals surface area contributed by atoms with Gasteiger partial charge in [0.25, 0.3) is 5.91 Å². The molecule has 1 N–H and O–H groups in total. The van der Waals surface area contributed by atoms with E-state index in [2.05, 4.69) is 5.32 Å². The maximum absolute atomic E-state index is 13.6. The van der Waals surface area contributed by atoms with E-state index in [1.54, 1.807) is 17.0 Å². The van der Waals surface area contributed by atoms with Gasteiger partial charge in [-0.05, 0) is 48.2 Å². The zero-order valence-electron chi connectivity index (χ0n) is 18.2. The zero-order chi connectivity index (χ0) is 22.6. The Morgan fingerprint density at radius 2 is 1.76 bits per heavy atom. The first-order valence-electron chi connectivity index (χ1n) is 11.3. The number of fused-ring (bicyclic) bond motifs is 1. The fourth-order valence-corrected chi connectivity index (χ4v) is 4.52. The highest BCUT2D eigenvalue weighted by molar-refractivity contribution is 5.96. The first-order valence-corrected chi connectivity index (χ1v) is 11.3. The maximum atomic E-state index is 13.6. The summed E-state index contributed by atoms with van der Waals surface area (Å²) in [6.45, 7) is 0.373. The molecule has 2 aliphatic rings. The van der Waals surface area contributed by atoms with Gasteiger partial charge in [-0.25, -0.2) is 0 Å². The van der Waals surface area contributed by atoms with Gasteiger partial charge in [-0.15, -0.1) is 0 Å². The van der Waals surface area contributed by atoms with Gasteiger partial charge in [0, 0.05) is 12.6 Å². The van der Waals surface area contributed by atoms with Gasteiger partial charge >= 0.3 is 0 Å². The van der Waals surface area contributed by atoms with Crippen molar-refractivity contribution in [2.75, 3.05) is 6.79 Å². The summed E-state index contributed by atoms with van der Waals surface area (Å²) in [6, 6.07) is 17.6. The van der Waals surface area contributed by atoms with Gasteiger partial charge in [0.1, 0.15) is 6.04 Å². The van der Waals surface area contributed by atoms with Crippen LogP contribution in [0.1, 0.15) is 53.4 Å². The molecule has 5 rings (SSSR count). The van der Waals surface area contributed by atoms with Crippen LogP contribution in [0.4, 0.5) is 0 Å². The predicted octanol–water partition coefficient (Wildman–Crippen LogP) is 4.45. The smallest absolute Gasteiger partial charge is 0.290 e. The molecule has 0 saturated heterocycles. The molecule has 3 aromatic rings. The minimum Gasteiger partial charge on any atom is -0.459 e. The summed E-state index contributed by atoms with van der Waals surface area (Å²) < 4.78 is 16.3. The molecule has 1 aliphatic carbocycles. The van der Waals surface area contributed by atoms with Gasteiger partial charge in [0.15, 0.2) is 17.3 Å². The zero-order valence-corrected chi connectivity index (χ0v) is 18.2. The molecule has 7 heteroatoms. The third-order valence-corrected chi connectivity index (χ3v) is 6.16. The lowest BCUT2D eigenvalue weighted by atomic mass is 10.0. The number of carbonyl (C=O) groups is 2. The number of amides is 2. The minimum absolute atomic E-state index is 0.134.